The Balaban J connectivity index is 1.55. The number of aromatic hydroxyl groups is 1. The predicted octanol–water partition coefficient (Wildman–Crippen LogP) is 0.288. The topological polar surface area (TPSA) is 200 Å². The quantitative estimate of drug-likeness (QED) is 0.244. The maximum Gasteiger partial charge on any atom is 0.322 e. The molecule has 7 N–H and O–H groups in total. The number of benzene rings is 1. The summed E-state index contributed by atoms with van der Waals surface area (Å²) in [6.45, 7) is 1.51. The number of ether oxygens (including phenoxy) is 1. The third-order valence-corrected chi connectivity index (χ3v) is 7.48. The van der Waals surface area contributed by atoms with E-state index in [0.29, 0.717) is 31.9 Å². The van der Waals surface area contributed by atoms with Gasteiger partial charge in [-0.05, 0) is 30.4 Å². The number of urea groups is 1. The maximum absolute atomic E-state index is 13.5. The molecule has 0 spiro atoms. The molecule has 12 heteroatoms. The van der Waals surface area contributed by atoms with E-state index >= 15 is 0 Å². The van der Waals surface area contributed by atoms with Crippen molar-refractivity contribution in [1.82, 2.24) is 4.90 Å². The van der Waals surface area contributed by atoms with E-state index in [1.165, 1.54) is 11.0 Å². The Bertz CT molecular complexity index is 1280. The number of nitrogens with one attached hydrogen (secondary N) is 1. The van der Waals surface area contributed by atoms with Crippen LogP contribution in [0.25, 0.3) is 5.76 Å². The SMILES string of the molecule is NC(=O)C1=C(O)[C@@]2(O)C(=O)C3=C(O)c4c(ccc(NC(=O)N5CCOCC5)c4O)C[C@H]3C[C@H]2CC1=O. The van der Waals surface area contributed by atoms with Gasteiger partial charge in [-0.1, -0.05) is 6.07 Å². The minimum absolute atomic E-state index is 0.0118. The van der Waals surface area contributed by atoms with Crippen LogP contribution in [0.1, 0.15) is 24.0 Å². The number of aliphatic hydroxyl groups excluding tert-OH is 2. The lowest BCUT2D eigenvalue weighted by molar-refractivity contribution is -0.147. The van der Waals surface area contributed by atoms with E-state index in [4.69, 9.17) is 10.5 Å². The van der Waals surface area contributed by atoms with Crippen molar-refractivity contribution in [3.05, 3.63) is 40.2 Å². The molecular weight excluding hydrogens is 474 g/mol. The number of rotatable bonds is 2. The van der Waals surface area contributed by atoms with Crippen LogP contribution < -0.4 is 11.1 Å². The molecule has 3 amide bonds. The summed E-state index contributed by atoms with van der Waals surface area (Å²) >= 11 is 0. The monoisotopic (exact) mass is 499 g/mol. The summed E-state index contributed by atoms with van der Waals surface area (Å²) < 4.78 is 5.22. The van der Waals surface area contributed by atoms with Crippen LogP contribution >= 0.6 is 0 Å². The molecule has 4 aliphatic rings. The van der Waals surface area contributed by atoms with Crippen molar-refractivity contribution in [2.24, 2.45) is 17.6 Å². The number of nitrogens with zero attached hydrogens (tertiary/aromatic N) is 1. The molecule has 36 heavy (non-hydrogen) atoms. The summed E-state index contributed by atoms with van der Waals surface area (Å²) in [7, 11) is 0. The number of carbonyl (C=O) groups excluding carboxylic acids is 4. The lowest BCUT2D eigenvalue weighted by Crippen LogP contribution is -2.58. The molecule has 0 unspecified atom stereocenters. The third-order valence-electron chi connectivity index (χ3n) is 7.48. The molecule has 1 aliphatic heterocycles. The van der Waals surface area contributed by atoms with Gasteiger partial charge in [-0.2, -0.15) is 0 Å². The average Bonchev–Trinajstić information content (AvgIpc) is 2.83. The van der Waals surface area contributed by atoms with E-state index in [0.717, 1.165) is 0 Å². The molecular formula is C24H25N3O9. The standard InChI is InChI=1S/C24H25N3O9/c25-22(33)17-14(28)9-12-8-11-7-10-1-2-13(26-23(34)27-3-5-36-6-4-27)18(29)15(10)19(30)16(11)20(31)24(12,35)21(17)32/h1-2,11-12,29-30,32,35H,3-9H2,(H2,25,33)(H,26,34)/t11-,12-,24-/m0/s1. The van der Waals surface area contributed by atoms with Crippen molar-refractivity contribution in [3.63, 3.8) is 0 Å². The van der Waals surface area contributed by atoms with Crippen molar-refractivity contribution >= 4 is 35.0 Å². The number of nitrogens with two attached hydrogens (primary N) is 1. The van der Waals surface area contributed by atoms with Crippen LogP contribution in [0.4, 0.5) is 10.5 Å². The van der Waals surface area contributed by atoms with Gasteiger partial charge in [0.15, 0.2) is 11.4 Å². The van der Waals surface area contributed by atoms with Crippen LogP contribution in [0.15, 0.2) is 29.0 Å². The molecule has 190 valence electrons. The fraction of sp³-hybridized carbons (Fsp3) is 0.417. The number of anilines is 1. The number of morpholine rings is 1. The third kappa shape index (κ3) is 3.36. The van der Waals surface area contributed by atoms with Crippen LogP contribution in [0.2, 0.25) is 0 Å². The average molecular weight is 499 g/mol. The normalized spacial score (nSPS) is 27.9. The van der Waals surface area contributed by atoms with E-state index in [9.17, 15) is 39.6 Å². The minimum atomic E-state index is -2.62. The van der Waals surface area contributed by atoms with Crippen LogP contribution in [-0.4, -0.2) is 80.7 Å². The fourth-order valence-electron chi connectivity index (χ4n) is 5.66. The van der Waals surface area contributed by atoms with E-state index in [-0.39, 0.29) is 36.1 Å². The second-order valence-electron chi connectivity index (χ2n) is 9.43. The number of fused-ring (bicyclic) bond motifs is 3. The Labute approximate surface area is 204 Å². The number of aliphatic hydroxyl groups is 3. The molecule has 5 rings (SSSR count). The van der Waals surface area contributed by atoms with Crippen molar-refractivity contribution in [3.8, 4) is 5.75 Å². The highest BCUT2D eigenvalue weighted by Gasteiger charge is 2.60. The van der Waals surface area contributed by atoms with Gasteiger partial charge < -0.3 is 41.1 Å². The lowest BCUT2D eigenvalue weighted by atomic mass is 9.59. The van der Waals surface area contributed by atoms with Gasteiger partial charge >= 0.3 is 6.03 Å². The predicted molar refractivity (Wildman–Crippen MR) is 123 cm³/mol. The minimum Gasteiger partial charge on any atom is -0.508 e. The number of ketones is 2. The second-order valence-corrected chi connectivity index (χ2v) is 9.43. The van der Waals surface area contributed by atoms with Gasteiger partial charge in [0.05, 0.1) is 24.5 Å². The zero-order valence-corrected chi connectivity index (χ0v) is 19.1. The van der Waals surface area contributed by atoms with Crippen LogP contribution in [0, 0.1) is 11.8 Å². The highest BCUT2D eigenvalue weighted by atomic mass is 16.5. The smallest absolute Gasteiger partial charge is 0.322 e. The number of carbonyl (C=O) groups is 4. The molecule has 1 saturated heterocycles. The molecule has 1 aromatic carbocycles. The van der Waals surface area contributed by atoms with Gasteiger partial charge in [0.2, 0.25) is 5.78 Å². The number of primary amides is 1. The van der Waals surface area contributed by atoms with Crippen LogP contribution in [0.5, 0.6) is 5.75 Å². The van der Waals surface area contributed by atoms with Gasteiger partial charge in [-0.3, -0.25) is 14.4 Å². The molecule has 2 fully saturated rings. The molecule has 0 bridgehead atoms. The molecule has 1 aromatic rings. The first-order valence-corrected chi connectivity index (χ1v) is 11.5. The summed E-state index contributed by atoms with van der Waals surface area (Å²) in [5.74, 6) is -6.94. The van der Waals surface area contributed by atoms with E-state index in [1.807, 2.05) is 0 Å². The highest BCUT2D eigenvalue weighted by molar-refractivity contribution is 6.22. The fourth-order valence-corrected chi connectivity index (χ4v) is 5.66. The first-order chi connectivity index (χ1) is 17.1. The van der Waals surface area contributed by atoms with Gasteiger partial charge in [-0.15, -0.1) is 0 Å². The number of phenolic OH excluding ortho intramolecular Hbond substituents is 1. The summed E-state index contributed by atoms with van der Waals surface area (Å²) in [6.07, 6.45) is -0.126. The molecule has 3 atom stereocenters. The Morgan fingerprint density at radius 2 is 1.81 bits per heavy atom. The summed E-state index contributed by atoms with van der Waals surface area (Å²) in [5, 5.41) is 46.5. The molecule has 12 nitrogen and oxygen atoms in total. The van der Waals surface area contributed by atoms with E-state index in [2.05, 4.69) is 5.32 Å². The summed E-state index contributed by atoms with van der Waals surface area (Å²) in [5.41, 5.74) is 1.92. The zero-order chi connectivity index (χ0) is 25.9. The molecule has 1 saturated carbocycles. The summed E-state index contributed by atoms with van der Waals surface area (Å²) in [4.78, 5) is 51.7. The van der Waals surface area contributed by atoms with E-state index in [1.54, 1.807) is 6.07 Å². The van der Waals surface area contributed by atoms with E-state index < -0.39 is 63.8 Å². The Hall–Kier alpha value is -3.90. The van der Waals surface area contributed by atoms with Crippen molar-refractivity contribution in [2.75, 3.05) is 31.6 Å². The van der Waals surface area contributed by atoms with Gasteiger partial charge in [0, 0.05) is 31.0 Å². The molecule has 3 aliphatic carbocycles. The lowest BCUT2D eigenvalue weighted by Gasteiger charge is -2.46. The number of amides is 3. The number of Topliss-reactive ketones (excluding diaryl/α,β-unsaturated/α-hetero) is 2. The van der Waals surface area contributed by atoms with Crippen molar-refractivity contribution in [2.45, 2.75) is 24.9 Å². The maximum atomic E-state index is 13.5. The molecule has 0 aromatic heterocycles. The first kappa shape index (κ1) is 23.8. The summed E-state index contributed by atoms with van der Waals surface area (Å²) in [6, 6.07) is 2.63. The number of phenols is 1. The van der Waals surface area contributed by atoms with Crippen LogP contribution in [0.3, 0.4) is 0 Å². The van der Waals surface area contributed by atoms with Gasteiger partial charge in [-0.25, -0.2) is 4.79 Å². The zero-order valence-electron chi connectivity index (χ0n) is 19.1. The largest absolute Gasteiger partial charge is 0.508 e. The first-order valence-electron chi connectivity index (χ1n) is 11.5. The van der Waals surface area contributed by atoms with Crippen LogP contribution in [-0.2, 0) is 25.5 Å². The number of hydrogen-bond donors (Lipinski definition) is 6. The van der Waals surface area contributed by atoms with Gasteiger partial charge in [0.1, 0.15) is 22.8 Å². The number of hydrogen-bond acceptors (Lipinski definition) is 9. The Kier molecular flexibility index (Phi) is 5.52. The van der Waals surface area contributed by atoms with Crippen molar-refractivity contribution in [1.29, 1.82) is 0 Å². The van der Waals surface area contributed by atoms with Crippen molar-refractivity contribution < 1.29 is 44.3 Å². The highest BCUT2D eigenvalue weighted by Crippen LogP contribution is 2.52. The Morgan fingerprint density at radius 1 is 1.11 bits per heavy atom. The Morgan fingerprint density at radius 3 is 2.47 bits per heavy atom. The molecule has 0 radical (unpaired) electrons. The molecule has 1 heterocycles. The van der Waals surface area contributed by atoms with Gasteiger partial charge in [0.25, 0.3) is 5.91 Å². The second kappa shape index (κ2) is 8.35.